The van der Waals surface area contributed by atoms with Crippen molar-refractivity contribution in [1.29, 1.82) is 0 Å². The van der Waals surface area contributed by atoms with E-state index in [0.717, 1.165) is 0 Å². The summed E-state index contributed by atoms with van der Waals surface area (Å²) in [4.78, 5) is 9.90. The number of ether oxygens (including phenoxy) is 1. The molecule has 0 saturated heterocycles. The molecule has 0 bridgehead atoms. The molecule has 0 spiro atoms. The number of methoxy groups -OCH3 is 1. The second kappa shape index (κ2) is 2.69. The molecule has 0 rings (SSSR count). The van der Waals surface area contributed by atoms with E-state index in [4.69, 9.17) is 0 Å². The quantitative estimate of drug-likeness (QED) is 0.341. The summed E-state index contributed by atoms with van der Waals surface area (Å²) in [5.41, 5.74) is 0. The summed E-state index contributed by atoms with van der Waals surface area (Å²) in [6.07, 6.45) is 0.219. The smallest absolute Gasteiger partial charge is 0.275 e. The zero-order valence-corrected chi connectivity index (χ0v) is 3.73. The van der Waals surface area contributed by atoms with Crippen LogP contribution in [-0.2, 0) is 9.53 Å². The van der Waals surface area contributed by atoms with Crippen LogP contribution in [0, 0.1) is 6.92 Å². The van der Waals surface area contributed by atoms with Gasteiger partial charge in [0.15, 0.2) is 0 Å². The Balaban J connectivity index is 2.99. The van der Waals surface area contributed by atoms with E-state index in [1.165, 1.54) is 7.11 Å². The molecule has 2 nitrogen and oxygen atoms in total. The van der Waals surface area contributed by atoms with Gasteiger partial charge in [0.05, 0.1) is 7.11 Å². The van der Waals surface area contributed by atoms with Crippen molar-refractivity contribution < 1.29 is 9.53 Å². The normalized spacial score (nSPS) is 7.67. The Labute approximate surface area is 37.1 Å². The van der Waals surface area contributed by atoms with Crippen LogP contribution in [-0.4, -0.2) is 13.1 Å². The maximum absolute atomic E-state index is 9.90. The van der Waals surface area contributed by atoms with E-state index in [1.807, 2.05) is 0 Å². The molecule has 36 valence electrons. The Bertz CT molecular complexity index is 43.5. The second-order valence-corrected chi connectivity index (χ2v) is 0.826. The average Bonchev–Trinajstić information content (AvgIpc) is 1.65. The van der Waals surface area contributed by atoms with E-state index >= 15 is 0 Å². The number of hydrogen-bond donors (Lipinski definition) is 0. The lowest BCUT2D eigenvalue weighted by molar-refractivity contribution is -0.139. The molecule has 0 radical (unpaired) electrons. The van der Waals surface area contributed by atoms with E-state index in [9.17, 15) is 4.79 Å². The Hall–Kier alpha value is -0.530. The van der Waals surface area contributed by atoms with Crippen LogP contribution in [0.3, 0.4) is 0 Å². The third-order valence-corrected chi connectivity index (χ3v) is 0.432. The highest BCUT2D eigenvalue weighted by atomic mass is 16.5. The molecular formula is C4H7O2-. The lowest BCUT2D eigenvalue weighted by Gasteiger charge is -1.92. The fourth-order valence-electron chi connectivity index (χ4n) is 0.102. The maximum atomic E-state index is 9.90. The van der Waals surface area contributed by atoms with Crippen LogP contribution < -0.4 is 0 Å². The van der Waals surface area contributed by atoms with Gasteiger partial charge in [0, 0.05) is 0 Å². The fraction of sp³-hybridized carbons (Fsp3) is 0.500. The molecule has 0 aliphatic carbocycles. The van der Waals surface area contributed by atoms with Crippen molar-refractivity contribution in [2.24, 2.45) is 0 Å². The number of rotatable bonds is 1. The standard InChI is InChI=1S/C4H7O2/c1-3-4(5)6-2/h1,3H2,2H3/q-1. The molecule has 0 aromatic rings. The fourth-order valence-corrected chi connectivity index (χ4v) is 0.102. The molecule has 0 aliphatic rings. The summed E-state index contributed by atoms with van der Waals surface area (Å²) in [6, 6.07) is 0. The SMILES string of the molecule is [CH2-]CC(=O)OC. The van der Waals surface area contributed by atoms with Crippen LogP contribution in [0.4, 0.5) is 0 Å². The summed E-state index contributed by atoms with van der Waals surface area (Å²) in [6.45, 7) is 3.28. The molecule has 0 aromatic carbocycles. The van der Waals surface area contributed by atoms with Crippen LogP contribution in [0.25, 0.3) is 0 Å². The summed E-state index contributed by atoms with van der Waals surface area (Å²) < 4.78 is 4.20. The van der Waals surface area contributed by atoms with Crippen LogP contribution in [0.5, 0.6) is 0 Å². The molecule has 0 unspecified atom stereocenters. The van der Waals surface area contributed by atoms with Crippen LogP contribution >= 0.6 is 0 Å². The molecule has 0 aliphatic heterocycles. The first-order valence-corrected chi connectivity index (χ1v) is 1.67. The summed E-state index contributed by atoms with van der Waals surface area (Å²) in [5.74, 6) is -0.269. The third-order valence-electron chi connectivity index (χ3n) is 0.432. The van der Waals surface area contributed by atoms with Gasteiger partial charge in [0.2, 0.25) is 0 Å². The average molecular weight is 87.1 g/mol. The Morgan fingerprint density at radius 3 is 2.50 bits per heavy atom. The minimum Gasteiger partial charge on any atom is -0.471 e. The van der Waals surface area contributed by atoms with Gasteiger partial charge in [0.25, 0.3) is 5.97 Å². The molecule has 0 N–H and O–H groups in total. The number of carbonyl (C=O) groups is 1. The number of carbonyl (C=O) groups excluding carboxylic acids is 1. The van der Waals surface area contributed by atoms with Gasteiger partial charge in [0.1, 0.15) is 0 Å². The van der Waals surface area contributed by atoms with Crippen molar-refractivity contribution in [2.45, 2.75) is 6.42 Å². The van der Waals surface area contributed by atoms with Crippen molar-refractivity contribution >= 4 is 5.97 Å². The Kier molecular flexibility index (Phi) is 2.46. The van der Waals surface area contributed by atoms with Gasteiger partial charge in [-0.3, -0.25) is 4.79 Å². The topological polar surface area (TPSA) is 26.3 Å². The Morgan fingerprint density at radius 1 is 2.00 bits per heavy atom. The van der Waals surface area contributed by atoms with Gasteiger partial charge < -0.3 is 11.7 Å². The monoisotopic (exact) mass is 87.0 g/mol. The van der Waals surface area contributed by atoms with Gasteiger partial charge in [-0.25, -0.2) is 0 Å². The van der Waals surface area contributed by atoms with E-state index in [0.29, 0.717) is 0 Å². The second-order valence-electron chi connectivity index (χ2n) is 0.826. The highest BCUT2D eigenvalue weighted by Crippen LogP contribution is 1.75. The van der Waals surface area contributed by atoms with Gasteiger partial charge in [-0.05, 0) is 0 Å². The largest absolute Gasteiger partial charge is 0.471 e. The van der Waals surface area contributed by atoms with Crippen molar-refractivity contribution in [3.63, 3.8) is 0 Å². The lowest BCUT2D eigenvalue weighted by Crippen LogP contribution is -1.95. The molecule has 0 saturated carbocycles. The molecule has 2 heteroatoms. The summed E-state index contributed by atoms with van der Waals surface area (Å²) in [5, 5.41) is 0. The van der Waals surface area contributed by atoms with Crippen molar-refractivity contribution in [3.05, 3.63) is 6.92 Å². The van der Waals surface area contributed by atoms with Gasteiger partial charge in [-0.1, -0.05) is 6.42 Å². The first-order valence-electron chi connectivity index (χ1n) is 1.67. The van der Waals surface area contributed by atoms with Crippen molar-refractivity contribution in [2.75, 3.05) is 7.11 Å². The molecule has 0 amide bonds. The first-order chi connectivity index (χ1) is 2.81. The Morgan fingerprint density at radius 2 is 2.50 bits per heavy atom. The van der Waals surface area contributed by atoms with Crippen molar-refractivity contribution in [3.8, 4) is 0 Å². The minimum atomic E-state index is -0.269. The van der Waals surface area contributed by atoms with Crippen LogP contribution in [0.1, 0.15) is 6.42 Å². The van der Waals surface area contributed by atoms with Crippen molar-refractivity contribution in [1.82, 2.24) is 0 Å². The molecule has 0 atom stereocenters. The maximum Gasteiger partial charge on any atom is 0.275 e. The van der Waals surface area contributed by atoms with Gasteiger partial charge >= 0.3 is 0 Å². The summed E-state index contributed by atoms with van der Waals surface area (Å²) in [7, 11) is 1.34. The highest BCUT2D eigenvalue weighted by Gasteiger charge is 1.81. The van der Waals surface area contributed by atoms with Gasteiger partial charge in [-0.2, -0.15) is 0 Å². The third kappa shape index (κ3) is 1.76. The van der Waals surface area contributed by atoms with E-state index in [2.05, 4.69) is 11.7 Å². The number of hydrogen-bond acceptors (Lipinski definition) is 2. The minimum absolute atomic E-state index is 0.219. The van der Waals surface area contributed by atoms with Crippen LogP contribution in [0.2, 0.25) is 0 Å². The van der Waals surface area contributed by atoms with Gasteiger partial charge in [-0.15, -0.1) is 0 Å². The number of esters is 1. The highest BCUT2D eigenvalue weighted by molar-refractivity contribution is 5.69. The van der Waals surface area contributed by atoms with Crippen LogP contribution in [0.15, 0.2) is 0 Å². The van der Waals surface area contributed by atoms with E-state index in [1.54, 1.807) is 0 Å². The predicted molar refractivity (Wildman–Crippen MR) is 22.0 cm³/mol. The van der Waals surface area contributed by atoms with E-state index in [-0.39, 0.29) is 12.4 Å². The molecular weight excluding hydrogens is 80.0 g/mol. The molecule has 6 heavy (non-hydrogen) atoms. The zero-order chi connectivity index (χ0) is 4.99. The molecule has 0 fully saturated rings. The zero-order valence-electron chi connectivity index (χ0n) is 3.73. The van der Waals surface area contributed by atoms with E-state index < -0.39 is 0 Å². The molecule has 0 aromatic heterocycles. The molecule has 0 heterocycles. The lowest BCUT2D eigenvalue weighted by atomic mass is 10.5. The first kappa shape index (κ1) is 5.47. The predicted octanol–water partition coefficient (Wildman–Crippen LogP) is 0.384. The summed E-state index contributed by atoms with van der Waals surface area (Å²) >= 11 is 0.